The van der Waals surface area contributed by atoms with Crippen LogP contribution in [0.3, 0.4) is 0 Å². The van der Waals surface area contributed by atoms with Crippen LogP contribution in [0.15, 0.2) is 30.5 Å². The Kier molecular flexibility index (Phi) is 4.30. The molecule has 0 amide bonds. The predicted molar refractivity (Wildman–Crippen MR) is 93.5 cm³/mol. The number of aromatic nitrogens is 3. The number of pyridine rings is 1. The zero-order valence-electron chi connectivity index (χ0n) is 14.6. The molecule has 8 heteroatoms. The number of benzene rings is 1. The van der Waals surface area contributed by atoms with E-state index in [1.807, 2.05) is 10.9 Å². The van der Waals surface area contributed by atoms with Crippen LogP contribution in [0.25, 0.3) is 22.3 Å². The summed E-state index contributed by atoms with van der Waals surface area (Å²) in [7, 11) is 0. The molecule has 0 spiro atoms. The molecule has 1 aromatic carbocycles. The summed E-state index contributed by atoms with van der Waals surface area (Å²) in [5.74, 6) is -0.450. The normalized spacial score (nSPS) is 18.1. The lowest BCUT2D eigenvalue weighted by molar-refractivity contribution is -0.137. The summed E-state index contributed by atoms with van der Waals surface area (Å²) in [6.07, 6.45) is -0.679. The summed E-state index contributed by atoms with van der Waals surface area (Å²) in [4.78, 5) is 4.46. The fraction of sp³-hybridized carbons (Fsp3) is 0.368. The van der Waals surface area contributed by atoms with E-state index in [1.165, 1.54) is 6.92 Å². The number of aromatic hydroxyl groups is 1. The van der Waals surface area contributed by atoms with Gasteiger partial charge in [0, 0.05) is 23.8 Å². The Balaban J connectivity index is 1.74. The molecule has 0 radical (unpaired) electrons. The molecule has 1 atom stereocenters. The third-order valence-electron chi connectivity index (χ3n) is 4.80. The number of fused-ring (bicyclic) bond motifs is 1. The number of phenols is 1. The highest BCUT2D eigenvalue weighted by molar-refractivity contribution is 5.80. The Hall–Kier alpha value is -2.61. The van der Waals surface area contributed by atoms with E-state index in [4.69, 9.17) is 4.74 Å². The van der Waals surface area contributed by atoms with E-state index in [2.05, 4.69) is 10.1 Å². The van der Waals surface area contributed by atoms with Crippen LogP contribution < -0.4 is 0 Å². The molecule has 2 aromatic heterocycles. The quantitative estimate of drug-likeness (QED) is 0.715. The summed E-state index contributed by atoms with van der Waals surface area (Å²) in [6.45, 7) is 2.87. The summed E-state index contributed by atoms with van der Waals surface area (Å²) in [5, 5.41) is 15.5. The van der Waals surface area contributed by atoms with Crippen LogP contribution in [-0.2, 0) is 10.9 Å². The number of phenolic OH excluding ortho intramolecular Hbond substituents is 1. The van der Waals surface area contributed by atoms with Gasteiger partial charge in [0.25, 0.3) is 0 Å². The molecule has 142 valence electrons. The topological polar surface area (TPSA) is 60.2 Å². The van der Waals surface area contributed by atoms with Gasteiger partial charge in [-0.15, -0.1) is 0 Å². The van der Waals surface area contributed by atoms with Gasteiger partial charge in [-0.05, 0) is 49.6 Å². The van der Waals surface area contributed by atoms with Gasteiger partial charge in [-0.2, -0.15) is 18.3 Å². The van der Waals surface area contributed by atoms with E-state index in [0.29, 0.717) is 23.5 Å². The van der Waals surface area contributed by atoms with Crippen LogP contribution in [0.5, 0.6) is 5.75 Å². The molecule has 4 rings (SSSR count). The van der Waals surface area contributed by atoms with Crippen molar-refractivity contribution >= 4 is 11.0 Å². The van der Waals surface area contributed by atoms with Crippen LogP contribution >= 0.6 is 0 Å². The molecule has 3 aromatic rings. The fourth-order valence-corrected chi connectivity index (χ4v) is 3.44. The van der Waals surface area contributed by atoms with Crippen LogP contribution in [-0.4, -0.2) is 33.1 Å². The van der Waals surface area contributed by atoms with Crippen molar-refractivity contribution in [1.82, 2.24) is 14.8 Å². The first-order chi connectivity index (χ1) is 12.8. The van der Waals surface area contributed by atoms with Crippen molar-refractivity contribution in [3.63, 3.8) is 0 Å². The lowest BCUT2D eigenvalue weighted by Crippen LogP contribution is -2.21. The van der Waals surface area contributed by atoms with Gasteiger partial charge in [0.15, 0.2) is 5.65 Å². The van der Waals surface area contributed by atoms with E-state index >= 15 is 0 Å². The maximum atomic E-state index is 12.9. The Bertz CT molecular complexity index is 969. The number of nitrogens with zero attached hydrogens (tertiary/aromatic N) is 3. The average molecular weight is 377 g/mol. The number of hydrogen-bond donors (Lipinski definition) is 1. The molecular formula is C19H18F3N3O2. The molecule has 3 heterocycles. The zero-order valence-corrected chi connectivity index (χ0v) is 14.6. The molecule has 0 unspecified atom stereocenters. The summed E-state index contributed by atoms with van der Waals surface area (Å²) >= 11 is 0. The first kappa shape index (κ1) is 17.8. The lowest BCUT2D eigenvalue weighted by Gasteiger charge is -2.21. The average Bonchev–Trinajstić information content (AvgIpc) is 3.04. The van der Waals surface area contributed by atoms with Gasteiger partial charge < -0.3 is 9.84 Å². The van der Waals surface area contributed by atoms with Crippen molar-refractivity contribution in [2.75, 3.05) is 13.2 Å². The smallest absolute Gasteiger partial charge is 0.416 e. The SMILES string of the molecule is Cc1cc(C(F)(F)F)cc(O)c1-c1ccc2cn([C@H]3CCCOC3)nc2n1. The van der Waals surface area contributed by atoms with Gasteiger partial charge in [0.2, 0.25) is 0 Å². The van der Waals surface area contributed by atoms with Crippen LogP contribution in [0.1, 0.15) is 30.0 Å². The molecule has 27 heavy (non-hydrogen) atoms. The van der Waals surface area contributed by atoms with Crippen molar-refractivity contribution in [3.8, 4) is 17.0 Å². The maximum Gasteiger partial charge on any atom is 0.416 e. The van der Waals surface area contributed by atoms with Gasteiger partial charge in [-0.25, -0.2) is 4.98 Å². The second kappa shape index (κ2) is 6.53. The minimum absolute atomic E-state index is 0.151. The van der Waals surface area contributed by atoms with E-state index in [1.54, 1.807) is 12.1 Å². The second-order valence-corrected chi connectivity index (χ2v) is 6.77. The molecule has 0 saturated carbocycles. The molecule has 1 fully saturated rings. The van der Waals surface area contributed by atoms with E-state index in [-0.39, 0.29) is 11.6 Å². The van der Waals surface area contributed by atoms with Crippen molar-refractivity contribution in [2.45, 2.75) is 32.0 Å². The van der Waals surface area contributed by atoms with Crippen LogP contribution in [0.2, 0.25) is 0 Å². The maximum absolute atomic E-state index is 12.9. The third-order valence-corrected chi connectivity index (χ3v) is 4.80. The summed E-state index contributed by atoms with van der Waals surface area (Å²) < 4.78 is 46.1. The Morgan fingerprint density at radius 3 is 2.74 bits per heavy atom. The third kappa shape index (κ3) is 3.37. The molecular weight excluding hydrogens is 359 g/mol. The van der Waals surface area contributed by atoms with E-state index in [9.17, 15) is 18.3 Å². The minimum atomic E-state index is -4.51. The summed E-state index contributed by atoms with van der Waals surface area (Å²) in [6, 6.07) is 5.38. The fourth-order valence-electron chi connectivity index (χ4n) is 3.44. The Morgan fingerprint density at radius 2 is 2.07 bits per heavy atom. The highest BCUT2D eigenvalue weighted by Crippen LogP contribution is 2.38. The first-order valence-electron chi connectivity index (χ1n) is 8.68. The Labute approximate surface area is 153 Å². The number of halogens is 3. The van der Waals surface area contributed by atoms with E-state index in [0.717, 1.165) is 37.0 Å². The van der Waals surface area contributed by atoms with Gasteiger partial charge >= 0.3 is 6.18 Å². The Morgan fingerprint density at radius 1 is 1.26 bits per heavy atom. The highest BCUT2D eigenvalue weighted by Gasteiger charge is 2.32. The van der Waals surface area contributed by atoms with Crippen molar-refractivity contribution in [3.05, 3.63) is 41.6 Å². The monoisotopic (exact) mass is 377 g/mol. The van der Waals surface area contributed by atoms with Crippen LogP contribution in [0, 0.1) is 6.92 Å². The number of hydrogen-bond acceptors (Lipinski definition) is 4. The predicted octanol–water partition coefficient (Wildman–Crippen LogP) is 4.48. The standard InChI is InChI=1S/C19H18F3N3O2/c1-11-7-13(19(20,21)22)8-16(26)17(11)15-5-4-12-9-25(24-18(12)23-15)14-3-2-6-27-10-14/h4-5,7-9,14,26H,2-3,6,10H2,1H3/t14-/m0/s1. The number of alkyl halides is 3. The molecule has 1 N–H and O–H groups in total. The van der Waals surface area contributed by atoms with Crippen molar-refractivity contribution in [2.24, 2.45) is 0 Å². The number of ether oxygens (including phenoxy) is 1. The molecule has 0 bridgehead atoms. The zero-order chi connectivity index (χ0) is 19.2. The van der Waals surface area contributed by atoms with Gasteiger partial charge in [-0.1, -0.05) is 0 Å². The van der Waals surface area contributed by atoms with Gasteiger partial charge in [0.05, 0.1) is 23.9 Å². The highest BCUT2D eigenvalue weighted by atomic mass is 19.4. The minimum Gasteiger partial charge on any atom is -0.507 e. The van der Waals surface area contributed by atoms with Crippen LogP contribution in [0.4, 0.5) is 13.2 Å². The molecule has 1 saturated heterocycles. The number of aryl methyl sites for hydroxylation is 1. The van der Waals surface area contributed by atoms with Gasteiger partial charge in [0.1, 0.15) is 5.75 Å². The van der Waals surface area contributed by atoms with Crippen molar-refractivity contribution in [1.29, 1.82) is 0 Å². The van der Waals surface area contributed by atoms with Gasteiger partial charge in [-0.3, -0.25) is 4.68 Å². The molecule has 5 nitrogen and oxygen atoms in total. The molecule has 1 aliphatic rings. The second-order valence-electron chi connectivity index (χ2n) is 6.77. The molecule has 1 aliphatic heterocycles. The van der Waals surface area contributed by atoms with E-state index < -0.39 is 17.5 Å². The number of rotatable bonds is 2. The first-order valence-corrected chi connectivity index (χ1v) is 8.68. The molecule has 0 aliphatic carbocycles. The largest absolute Gasteiger partial charge is 0.507 e. The lowest BCUT2D eigenvalue weighted by atomic mass is 10.00. The summed E-state index contributed by atoms with van der Waals surface area (Å²) in [5.41, 5.74) is 0.562. The van der Waals surface area contributed by atoms with Crippen molar-refractivity contribution < 1.29 is 23.0 Å².